The SMILES string of the molecule is CCCn1ncc(C(=O)N2C[C@@H](C(=O)O)[C@H](c3cccnc3)C2)c1C. The van der Waals surface area contributed by atoms with E-state index < -0.39 is 11.9 Å². The largest absolute Gasteiger partial charge is 0.481 e. The van der Waals surface area contributed by atoms with E-state index in [1.54, 1.807) is 29.6 Å². The van der Waals surface area contributed by atoms with Crippen LogP contribution in [0, 0.1) is 12.8 Å². The predicted octanol–water partition coefficient (Wildman–Crippen LogP) is 1.94. The van der Waals surface area contributed by atoms with Crippen molar-refractivity contribution in [3.63, 3.8) is 0 Å². The summed E-state index contributed by atoms with van der Waals surface area (Å²) in [7, 11) is 0. The molecule has 1 saturated heterocycles. The lowest BCUT2D eigenvalue weighted by Gasteiger charge is -2.16. The first-order valence-corrected chi connectivity index (χ1v) is 8.47. The lowest BCUT2D eigenvalue weighted by molar-refractivity contribution is -0.141. The van der Waals surface area contributed by atoms with Crippen LogP contribution in [0.15, 0.2) is 30.7 Å². The van der Waals surface area contributed by atoms with Crippen LogP contribution in [-0.2, 0) is 11.3 Å². The number of carbonyl (C=O) groups is 2. The summed E-state index contributed by atoms with van der Waals surface area (Å²) in [6, 6.07) is 3.66. The summed E-state index contributed by atoms with van der Waals surface area (Å²) in [5.41, 5.74) is 2.22. The van der Waals surface area contributed by atoms with Gasteiger partial charge in [-0.2, -0.15) is 5.10 Å². The maximum atomic E-state index is 12.9. The number of carboxylic acids is 1. The molecule has 3 rings (SSSR count). The molecule has 1 aliphatic rings. The molecule has 1 amide bonds. The van der Waals surface area contributed by atoms with Crippen molar-refractivity contribution in [1.82, 2.24) is 19.7 Å². The van der Waals surface area contributed by atoms with Gasteiger partial charge in [0.15, 0.2) is 0 Å². The topological polar surface area (TPSA) is 88.3 Å². The Morgan fingerprint density at radius 3 is 2.76 bits per heavy atom. The normalized spacial score (nSPS) is 20.0. The molecule has 7 nitrogen and oxygen atoms in total. The molecule has 2 atom stereocenters. The smallest absolute Gasteiger partial charge is 0.308 e. The first kappa shape index (κ1) is 17.1. The molecule has 7 heteroatoms. The Bertz CT molecular complexity index is 772. The van der Waals surface area contributed by atoms with Crippen molar-refractivity contribution in [3.8, 4) is 0 Å². The van der Waals surface area contributed by atoms with Crippen molar-refractivity contribution < 1.29 is 14.7 Å². The Labute approximate surface area is 146 Å². The lowest BCUT2D eigenvalue weighted by Crippen LogP contribution is -2.30. The Kier molecular flexibility index (Phi) is 4.83. The van der Waals surface area contributed by atoms with Crippen LogP contribution < -0.4 is 0 Å². The molecular weight excluding hydrogens is 320 g/mol. The van der Waals surface area contributed by atoms with Gasteiger partial charge in [0.05, 0.1) is 17.7 Å². The number of aromatic nitrogens is 3. The van der Waals surface area contributed by atoms with E-state index >= 15 is 0 Å². The standard InChI is InChI=1S/C18H22N4O3/c1-3-7-22-12(2)14(9-20-22)17(23)21-10-15(16(11-21)18(24)25)13-5-4-6-19-8-13/h4-6,8-9,15-16H,3,7,10-11H2,1-2H3,(H,24,25)/t15-,16+/m0/s1. The fourth-order valence-corrected chi connectivity index (χ4v) is 3.42. The molecule has 0 unspecified atom stereocenters. The van der Waals surface area contributed by atoms with Crippen molar-refractivity contribution in [2.24, 2.45) is 5.92 Å². The van der Waals surface area contributed by atoms with Gasteiger partial charge in [-0.3, -0.25) is 19.3 Å². The second kappa shape index (κ2) is 7.04. The van der Waals surface area contributed by atoms with Gasteiger partial charge >= 0.3 is 5.97 Å². The monoisotopic (exact) mass is 342 g/mol. The number of carboxylic acid groups (broad SMARTS) is 1. The minimum Gasteiger partial charge on any atom is -0.481 e. The van der Waals surface area contributed by atoms with Crippen molar-refractivity contribution in [1.29, 1.82) is 0 Å². The van der Waals surface area contributed by atoms with Crippen LogP contribution in [0.25, 0.3) is 0 Å². The van der Waals surface area contributed by atoms with Crippen molar-refractivity contribution in [2.75, 3.05) is 13.1 Å². The Balaban J connectivity index is 1.84. The number of likely N-dealkylation sites (tertiary alicyclic amines) is 1. The summed E-state index contributed by atoms with van der Waals surface area (Å²) < 4.78 is 1.82. The van der Waals surface area contributed by atoms with E-state index in [2.05, 4.69) is 17.0 Å². The van der Waals surface area contributed by atoms with Crippen molar-refractivity contribution >= 4 is 11.9 Å². The van der Waals surface area contributed by atoms with Gasteiger partial charge < -0.3 is 10.0 Å². The molecule has 0 aromatic carbocycles. The zero-order valence-corrected chi connectivity index (χ0v) is 14.4. The summed E-state index contributed by atoms with van der Waals surface area (Å²) in [5.74, 6) is -1.92. The fraction of sp³-hybridized carbons (Fsp3) is 0.444. The van der Waals surface area contributed by atoms with E-state index in [-0.39, 0.29) is 18.4 Å². The number of pyridine rings is 1. The number of hydrogen-bond donors (Lipinski definition) is 1. The van der Waals surface area contributed by atoms with Gasteiger partial charge in [-0.15, -0.1) is 0 Å². The molecule has 0 spiro atoms. The van der Waals surface area contributed by atoms with E-state index in [0.717, 1.165) is 24.2 Å². The number of amides is 1. The minimum absolute atomic E-state index is 0.155. The summed E-state index contributed by atoms with van der Waals surface area (Å²) in [6.45, 7) is 5.26. The second-order valence-corrected chi connectivity index (χ2v) is 6.41. The number of aryl methyl sites for hydroxylation is 1. The molecule has 3 heterocycles. The van der Waals surface area contributed by atoms with E-state index in [9.17, 15) is 14.7 Å². The number of nitrogens with zero attached hydrogens (tertiary/aromatic N) is 4. The van der Waals surface area contributed by atoms with Crippen molar-refractivity contribution in [3.05, 3.63) is 47.5 Å². The number of hydrogen-bond acceptors (Lipinski definition) is 4. The third-order valence-corrected chi connectivity index (χ3v) is 4.81. The molecule has 0 aliphatic carbocycles. The average molecular weight is 342 g/mol. The molecular formula is C18H22N4O3. The molecule has 0 bridgehead atoms. The molecule has 0 saturated carbocycles. The van der Waals surface area contributed by atoms with Crippen molar-refractivity contribution in [2.45, 2.75) is 32.7 Å². The third-order valence-electron chi connectivity index (χ3n) is 4.81. The van der Waals surface area contributed by atoms with Crippen LogP contribution in [0.1, 0.15) is 40.9 Å². The molecule has 2 aromatic heterocycles. The fourth-order valence-electron chi connectivity index (χ4n) is 3.42. The number of aliphatic carboxylic acids is 1. The van der Waals surface area contributed by atoms with Crippen LogP contribution in [0.4, 0.5) is 0 Å². The molecule has 132 valence electrons. The number of carbonyl (C=O) groups excluding carboxylic acids is 1. The van der Waals surface area contributed by atoms with E-state index in [4.69, 9.17) is 0 Å². The molecule has 25 heavy (non-hydrogen) atoms. The molecule has 1 aliphatic heterocycles. The summed E-state index contributed by atoms with van der Waals surface area (Å²) in [5, 5.41) is 13.8. The molecule has 1 fully saturated rings. The van der Waals surface area contributed by atoms with Gasteiger partial charge in [0.1, 0.15) is 0 Å². The van der Waals surface area contributed by atoms with Crippen LogP contribution in [0.2, 0.25) is 0 Å². The predicted molar refractivity (Wildman–Crippen MR) is 91.3 cm³/mol. The summed E-state index contributed by atoms with van der Waals surface area (Å²) in [4.78, 5) is 30.3. The van der Waals surface area contributed by atoms with Crippen LogP contribution in [-0.4, -0.2) is 49.7 Å². The zero-order valence-electron chi connectivity index (χ0n) is 14.4. The molecule has 2 aromatic rings. The highest BCUT2D eigenvalue weighted by atomic mass is 16.4. The summed E-state index contributed by atoms with van der Waals surface area (Å²) in [6.07, 6.45) is 5.85. The van der Waals surface area contributed by atoms with Gasteiger partial charge in [0, 0.05) is 43.6 Å². The van der Waals surface area contributed by atoms with Gasteiger partial charge in [-0.05, 0) is 25.0 Å². The first-order chi connectivity index (χ1) is 12.0. The van der Waals surface area contributed by atoms with Crippen LogP contribution in [0.5, 0.6) is 0 Å². The second-order valence-electron chi connectivity index (χ2n) is 6.41. The molecule has 0 radical (unpaired) electrons. The third kappa shape index (κ3) is 3.26. The van der Waals surface area contributed by atoms with Crippen LogP contribution in [0.3, 0.4) is 0 Å². The van der Waals surface area contributed by atoms with Gasteiger partial charge in [0.2, 0.25) is 0 Å². The highest BCUT2D eigenvalue weighted by Crippen LogP contribution is 2.33. The lowest BCUT2D eigenvalue weighted by atomic mass is 9.90. The quantitative estimate of drug-likeness (QED) is 0.897. The van der Waals surface area contributed by atoms with E-state index in [0.29, 0.717) is 12.1 Å². The highest BCUT2D eigenvalue weighted by molar-refractivity contribution is 5.95. The van der Waals surface area contributed by atoms with Gasteiger partial charge in [0.25, 0.3) is 5.91 Å². The maximum Gasteiger partial charge on any atom is 0.308 e. The molecule has 1 N–H and O–H groups in total. The highest BCUT2D eigenvalue weighted by Gasteiger charge is 2.41. The summed E-state index contributed by atoms with van der Waals surface area (Å²) >= 11 is 0. The van der Waals surface area contributed by atoms with E-state index in [1.807, 2.05) is 17.7 Å². The first-order valence-electron chi connectivity index (χ1n) is 8.47. The Morgan fingerprint density at radius 1 is 1.32 bits per heavy atom. The maximum absolute atomic E-state index is 12.9. The van der Waals surface area contributed by atoms with Gasteiger partial charge in [-0.1, -0.05) is 13.0 Å². The Hall–Kier alpha value is -2.70. The van der Waals surface area contributed by atoms with Crippen LogP contribution >= 0.6 is 0 Å². The zero-order chi connectivity index (χ0) is 18.0. The Morgan fingerprint density at radius 2 is 2.12 bits per heavy atom. The average Bonchev–Trinajstić information content (AvgIpc) is 3.21. The number of rotatable bonds is 5. The van der Waals surface area contributed by atoms with E-state index in [1.165, 1.54) is 0 Å². The van der Waals surface area contributed by atoms with Gasteiger partial charge in [-0.25, -0.2) is 0 Å². The minimum atomic E-state index is -0.887.